The van der Waals surface area contributed by atoms with Crippen LogP contribution in [0.5, 0.6) is 0 Å². The third-order valence-corrected chi connectivity index (χ3v) is 2.55. The van der Waals surface area contributed by atoms with Crippen molar-refractivity contribution in [2.75, 3.05) is 6.54 Å². The monoisotopic (exact) mass is 179 g/mol. The summed E-state index contributed by atoms with van der Waals surface area (Å²) >= 11 is 0. The van der Waals surface area contributed by atoms with Gasteiger partial charge in [0.1, 0.15) is 0 Å². The van der Waals surface area contributed by atoms with E-state index in [2.05, 4.69) is 35.9 Å². The van der Waals surface area contributed by atoms with Crippen molar-refractivity contribution in [1.29, 1.82) is 0 Å². The number of fused-ring (bicyclic) bond motifs is 1. The van der Waals surface area contributed by atoms with Crippen LogP contribution < -0.4 is 5.32 Å². The van der Waals surface area contributed by atoms with Crippen LogP contribution >= 0.6 is 0 Å². The molecule has 0 unspecified atom stereocenters. The summed E-state index contributed by atoms with van der Waals surface area (Å²) < 4.78 is 2.12. The lowest BCUT2D eigenvalue weighted by Crippen LogP contribution is -2.30. The van der Waals surface area contributed by atoms with E-state index in [4.69, 9.17) is 0 Å². The summed E-state index contributed by atoms with van der Waals surface area (Å²) in [6.07, 6.45) is 2.02. The van der Waals surface area contributed by atoms with Crippen molar-refractivity contribution in [2.45, 2.75) is 39.3 Å². The summed E-state index contributed by atoms with van der Waals surface area (Å²) in [7, 11) is 0. The van der Waals surface area contributed by atoms with E-state index in [1.54, 1.807) is 0 Å². The first-order valence-corrected chi connectivity index (χ1v) is 4.85. The van der Waals surface area contributed by atoms with Crippen LogP contribution in [0.15, 0.2) is 6.20 Å². The highest BCUT2D eigenvalue weighted by Crippen LogP contribution is 2.26. The first kappa shape index (κ1) is 8.75. The Morgan fingerprint density at radius 1 is 1.46 bits per heavy atom. The molecule has 1 aliphatic rings. The summed E-state index contributed by atoms with van der Waals surface area (Å²) in [4.78, 5) is 0. The molecule has 1 N–H and O–H groups in total. The predicted octanol–water partition coefficient (Wildman–Crippen LogP) is 1.28. The second-order valence-corrected chi connectivity index (χ2v) is 4.65. The van der Waals surface area contributed by atoms with Gasteiger partial charge in [0.15, 0.2) is 0 Å². The van der Waals surface area contributed by atoms with Crippen molar-refractivity contribution in [3.8, 4) is 0 Å². The lowest BCUT2D eigenvalue weighted by atomic mass is 9.87. The van der Waals surface area contributed by atoms with E-state index < -0.39 is 0 Å². The summed E-state index contributed by atoms with van der Waals surface area (Å²) in [6.45, 7) is 9.72. The van der Waals surface area contributed by atoms with Gasteiger partial charge in [0.05, 0.1) is 18.4 Å². The maximum absolute atomic E-state index is 4.40. The van der Waals surface area contributed by atoms with Gasteiger partial charge in [-0.25, -0.2) is 0 Å². The minimum absolute atomic E-state index is 0.215. The van der Waals surface area contributed by atoms with Crippen LogP contribution in [0.25, 0.3) is 0 Å². The zero-order valence-electron chi connectivity index (χ0n) is 8.59. The lowest BCUT2D eigenvalue weighted by molar-refractivity contribution is 0.464. The maximum Gasteiger partial charge on any atom is 0.0559 e. The Morgan fingerprint density at radius 3 is 2.92 bits per heavy atom. The molecule has 2 rings (SSSR count). The van der Waals surface area contributed by atoms with Crippen molar-refractivity contribution >= 4 is 0 Å². The summed E-state index contributed by atoms with van der Waals surface area (Å²) in [6, 6.07) is 0. The first-order chi connectivity index (χ1) is 6.09. The van der Waals surface area contributed by atoms with Crippen LogP contribution in [-0.4, -0.2) is 16.3 Å². The van der Waals surface area contributed by atoms with Gasteiger partial charge in [-0.3, -0.25) is 4.68 Å². The molecule has 3 heteroatoms. The molecule has 0 saturated heterocycles. The summed E-state index contributed by atoms with van der Waals surface area (Å²) in [5.74, 6) is 0. The second-order valence-electron chi connectivity index (χ2n) is 4.65. The Labute approximate surface area is 79.1 Å². The molecular weight excluding hydrogens is 162 g/mol. The smallest absolute Gasteiger partial charge is 0.0559 e. The Kier molecular flexibility index (Phi) is 1.91. The maximum atomic E-state index is 4.40. The molecule has 0 amide bonds. The molecular formula is C10H17N3. The van der Waals surface area contributed by atoms with Crippen LogP contribution in [0.2, 0.25) is 0 Å². The molecule has 13 heavy (non-hydrogen) atoms. The molecule has 0 saturated carbocycles. The number of hydrogen-bond acceptors (Lipinski definition) is 2. The minimum Gasteiger partial charge on any atom is -0.309 e. The average Bonchev–Trinajstić information content (AvgIpc) is 2.45. The van der Waals surface area contributed by atoms with E-state index in [-0.39, 0.29) is 5.41 Å². The van der Waals surface area contributed by atoms with E-state index >= 15 is 0 Å². The summed E-state index contributed by atoms with van der Waals surface area (Å²) in [5, 5.41) is 7.78. The van der Waals surface area contributed by atoms with E-state index in [0.29, 0.717) is 0 Å². The predicted molar refractivity (Wildman–Crippen MR) is 52.6 cm³/mol. The molecule has 1 aromatic heterocycles. The molecule has 0 bridgehead atoms. The van der Waals surface area contributed by atoms with Gasteiger partial charge in [-0.15, -0.1) is 0 Å². The van der Waals surface area contributed by atoms with E-state index in [9.17, 15) is 0 Å². The van der Waals surface area contributed by atoms with Crippen molar-refractivity contribution in [1.82, 2.24) is 15.1 Å². The zero-order valence-corrected chi connectivity index (χ0v) is 8.59. The fourth-order valence-corrected chi connectivity index (χ4v) is 1.81. The highest BCUT2D eigenvalue weighted by Gasteiger charge is 2.23. The van der Waals surface area contributed by atoms with Gasteiger partial charge in [-0.1, -0.05) is 20.8 Å². The standard InChI is InChI=1S/C10H17N3/c1-10(2,3)8-6-12-13-5-4-11-7-9(8)13/h6,11H,4-5,7H2,1-3H3. The van der Waals surface area contributed by atoms with E-state index in [1.807, 2.05) is 6.20 Å². The van der Waals surface area contributed by atoms with Gasteiger partial charge < -0.3 is 5.32 Å². The third-order valence-electron chi connectivity index (χ3n) is 2.55. The number of rotatable bonds is 0. The Balaban J connectivity index is 2.43. The molecule has 0 fully saturated rings. The molecule has 0 spiro atoms. The molecule has 1 aliphatic heterocycles. The second kappa shape index (κ2) is 2.84. The summed E-state index contributed by atoms with van der Waals surface area (Å²) in [5.41, 5.74) is 2.95. The number of nitrogens with zero attached hydrogens (tertiary/aromatic N) is 2. The van der Waals surface area contributed by atoms with Gasteiger partial charge in [-0.2, -0.15) is 5.10 Å². The highest BCUT2D eigenvalue weighted by atomic mass is 15.3. The quantitative estimate of drug-likeness (QED) is 0.650. The van der Waals surface area contributed by atoms with Gasteiger partial charge in [0, 0.05) is 13.1 Å². The van der Waals surface area contributed by atoms with E-state index in [0.717, 1.165) is 19.6 Å². The Morgan fingerprint density at radius 2 is 2.23 bits per heavy atom. The molecule has 72 valence electrons. The van der Waals surface area contributed by atoms with Crippen LogP contribution in [0.3, 0.4) is 0 Å². The highest BCUT2D eigenvalue weighted by molar-refractivity contribution is 5.26. The van der Waals surface area contributed by atoms with Crippen LogP contribution in [-0.2, 0) is 18.5 Å². The number of hydrogen-bond donors (Lipinski definition) is 1. The molecule has 0 aromatic carbocycles. The topological polar surface area (TPSA) is 29.9 Å². The molecule has 0 atom stereocenters. The Hall–Kier alpha value is -0.830. The zero-order chi connectivity index (χ0) is 9.47. The van der Waals surface area contributed by atoms with E-state index in [1.165, 1.54) is 11.3 Å². The van der Waals surface area contributed by atoms with Crippen molar-refractivity contribution in [2.24, 2.45) is 0 Å². The fraction of sp³-hybridized carbons (Fsp3) is 0.700. The van der Waals surface area contributed by atoms with Crippen LogP contribution in [0.1, 0.15) is 32.0 Å². The minimum atomic E-state index is 0.215. The SMILES string of the molecule is CC(C)(C)c1cnn2c1CNCC2. The van der Waals surface area contributed by atoms with Crippen molar-refractivity contribution in [3.63, 3.8) is 0 Å². The number of nitrogens with one attached hydrogen (secondary N) is 1. The van der Waals surface area contributed by atoms with Crippen LogP contribution in [0, 0.1) is 0 Å². The normalized spacial score (nSPS) is 17.2. The van der Waals surface area contributed by atoms with Crippen molar-refractivity contribution in [3.05, 3.63) is 17.5 Å². The van der Waals surface area contributed by atoms with Gasteiger partial charge in [-0.05, 0) is 11.0 Å². The molecule has 1 aromatic rings. The molecule has 2 heterocycles. The molecule has 3 nitrogen and oxygen atoms in total. The fourth-order valence-electron chi connectivity index (χ4n) is 1.81. The average molecular weight is 179 g/mol. The Bertz CT molecular complexity index is 306. The van der Waals surface area contributed by atoms with Gasteiger partial charge in [0.25, 0.3) is 0 Å². The first-order valence-electron chi connectivity index (χ1n) is 4.85. The lowest BCUT2D eigenvalue weighted by Gasteiger charge is -2.22. The van der Waals surface area contributed by atoms with Gasteiger partial charge in [0.2, 0.25) is 0 Å². The largest absolute Gasteiger partial charge is 0.309 e. The van der Waals surface area contributed by atoms with Crippen molar-refractivity contribution < 1.29 is 0 Å². The van der Waals surface area contributed by atoms with Crippen LogP contribution in [0.4, 0.5) is 0 Å². The molecule has 0 aliphatic carbocycles. The number of aromatic nitrogens is 2. The molecule has 0 radical (unpaired) electrons. The van der Waals surface area contributed by atoms with Gasteiger partial charge >= 0.3 is 0 Å². The third kappa shape index (κ3) is 1.48.